The Morgan fingerprint density at radius 2 is 1.70 bits per heavy atom. The van der Waals surface area contributed by atoms with Crippen LogP contribution in [0.15, 0.2) is 30.3 Å². The van der Waals surface area contributed by atoms with Gasteiger partial charge >= 0.3 is 0 Å². The van der Waals surface area contributed by atoms with E-state index < -0.39 is 0 Å². The van der Waals surface area contributed by atoms with E-state index in [9.17, 15) is 0 Å². The summed E-state index contributed by atoms with van der Waals surface area (Å²) < 4.78 is 10.3. The number of nitrogens with one attached hydrogen (secondary N) is 2. The number of methoxy groups -OCH3 is 2. The molecule has 1 aromatic heterocycles. The topological polar surface area (TPSA) is 68.3 Å². The van der Waals surface area contributed by atoms with Crippen molar-refractivity contribution in [3.63, 3.8) is 0 Å². The first-order chi connectivity index (χ1) is 13.0. The molecule has 2 N–H and O–H groups in total. The van der Waals surface area contributed by atoms with Crippen molar-refractivity contribution in [2.45, 2.75) is 31.1 Å². The fourth-order valence-electron chi connectivity index (χ4n) is 3.49. The highest BCUT2D eigenvalue weighted by molar-refractivity contribution is 7.80. The van der Waals surface area contributed by atoms with E-state index in [-0.39, 0.29) is 5.41 Å². The summed E-state index contributed by atoms with van der Waals surface area (Å²) in [6, 6.07) is 9.73. The van der Waals surface area contributed by atoms with E-state index >= 15 is 0 Å². The van der Waals surface area contributed by atoms with Crippen LogP contribution in [0.1, 0.15) is 31.2 Å². The minimum absolute atomic E-state index is 0.0588. The molecule has 0 unspecified atom stereocenters. The van der Waals surface area contributed by atoms with Gasteiger partial charge in [0.25, 0.3) is 0 Å². The number of ether oxygens (including phenoxy) is 2. The lowest BCUT2D eigenvalue weighted by atomic mass is 9.79. The summed E-state index contributed by atoms with van der Waals surface area (Å²) in [6.45, 7) is 0.738. The Balaban J connectivity index is 1.67. The van der Waals surface area contributed by atoms with Gasteiger partial charge in [-0.05, 0) is 42.8 Å². The highest BCUT2D eigenvalue weighted by Crippen LogP contribution is 2.40. The second-order valence-corrected chi connectivity index (χ2v) is 7.42. The largest absolute Gasteiger partial charge is 0.481 e. The molecule has 1 heterocycles. The molecule has 3 rings (SSSR count). The van der Waals surface area contributed by atoms with E-state index in [1.165, 1.54) is 32.6 Å². The summed E-state index contributed by atoms with van der Waals surface area (Å²) in [4.78, 5) is 8.48. The fourth-order valence-corrected chi connectivity index (χ4v) is 3.78. The lowest BCUT2D eigenvalue weighted by Gasteiger charge is -2.30. The van der Waals surface area contributed by atoms with E-state index in [0.717, 1.165) is 24.4 Å². The van der Waals surface area contributed by atoms with Gasteiger partial charge in [-0.15, -0.1) is 0 Å². The van der Waals surface area contributed by atoms with Gasteiger partial charge in [-0.2, -0.15) is 9.97 Å². The van der Waals surface area contributed by atoms with Crippen molar-refractivity contribution in [1.29, 1.82) is 0 Å². The van der Waals surface area contributed by atoms with E-state index in [4.69, 9.17) is 33.3 Å². The SMILES string of the molecule is COc1cc(OC)nc(NC(=S)NCC2(c3ccc(Cl)cc3)CCCC2)n1. The molecule has 0 radical (unpaired) electrons. The molecule has 144 valence electrons. The summed E-state index contributed by atoms with van der Waals surface area (Å²) in [7, 11) is 3.08. The number of nitrogens with zero attached hydrogens (tertiary/aromatic N) is 2. The summed E-state index contributed by atoms with van der Waals surface area (Å²) in [5.41, 5.74) is 1.35. The van der Waals surface area contributed by atoms with Gasteiger partial charge < -0.3 is 20.1 Å². The van der Waals surface area contributed by atoms with Crippen LogP contribution < -0.4 is 20.1 Å². The first-order valence-electron chi connectivity index (χ1n) is 8.83. The maximum Gasteiger partial charge on any atom is 0.235 e. The Morgan fingerprint density at radius 1 is 1.11 bits per heavy atom. The molecule has 6 nitrogen and oxygen atoms in total. The summed E-state index contributed by atoms with van der Waals surface area (Å²) in [6.07, 6.45) is 4.66. The van der Waals surface area contributed by atoms with Crippen LogP contribution in [0.2, 0.25) is 5.02 Å². The van der Waals surface area contributed by atoms with Crippen molar-refractivity contribution in [3.05, 3.63) is 40.9 Å². The molecule has 1 aliphatic carbocycles. The second kappa shape index (κ2) is 8.71. The maximum absolute atomic E-state index is 6.05. The maximum atomic E-state index is 6.05. The number of aromatic nitrogens is 2. The van der Waals surface area contributed by atoms with Crippen LogP contribution in [0.4, 0.5) is 5.95 Å². The quantitative estimate of drug-likeness (QED) is 0.704. The monoisotopic (exact) mass is 406 g/mol. The molecule has 0 atom stereocenters. The number of halogens is 1. The van der Waals surface area contributed by atoms with Crippen LogP contribution in [0.25, 0.3) is 0 Å². The van der Waals surface area contributed by atoms with Crippen molar-refractivity contribution < 1.29 is 9.47 Å². The Morgan fingerprint density at radius 3 is 2.26 bits per heavy atom. The van der Waals surface area contributed by atoms with Gasteiger partial charge in [0.1, 0.15) is 0 Å². The zero-order valence-electron chi connectivity index (χ0n) is 15.4. The predicted octanol–water partition coefficient (Wildman–Crippen LogP) is 3.95. The third kappa shape index (κ3) is 4.78. The average molecular weight is 407 g/mol. The van der Waals surface area contributed by atoms with E-state index in [1.807, 2.05) is 12.1 Å². The van der Waals surface area contributed by atoms with Gasteiger partial charge in [0, 0.05) is 17.0 Å². The third-order valence-corrected chi connectivity index (χ3v) is 5.43. The van der Waals surface area contributed by atoms with Crippen LogP contribution in [0.5, 0.6) is 11.8 Å². The average Bonchev–Trinajstić information content (AvgIpc) is 3.16. The smallest absolute Gasteiger partial charge is 0.235 e. The molecule has 8 heteroatoms. The molecule has 0 spiro atoms. The highest BCUT2D eigenvalue weighted by Gasteiger charge is 2.35. The minimum Gasteiger partial charge on any atom is -0.481 e. The van der Waals surface area contributed by atoms with Gasteiger partial charge in [0.15, 0.2) is 5.11 Å². The summed E-state index contributed by atoms with van der Waals surface area (Å²) in [5.74, 6) is 1.14. The Labute approximate surface area is 169 Å². The van der Waals surface area contributed by atoms with Crippen LogP contribution in [0.3, 0.4) is 0 Å². The molecular weight excluding hydrogens is 384 g/mol. The molecule has 2 aromatic rings. The number of thiocarbonyl (C=S) groups is 1. The predicted molar refractivity (Wildman–Crippen MR) is 111 cm³/mol. The van der Waals surface area contributed by atoms with E-state index in [2.05, 4.69) is 32.7 Å². The minimum atomic E-state index is 0.0588. The lowest BCUT2D eigenvalue weighted by Crippen LogP contribution is -2.41. The second-order valence-electron chi connectivity index (χ2n) is 6.58. The molecule has 1 saturated carbocycles. The number of benzene rings is 1. The van der Waals surface area contributed by atoms with Gasteiger partial charge in [-0.25, -0.2) is 0 Å². The summed E-state index contributed by atoms with van der Waals surface area (Å²) >= 11 is 11.5. The van der Waals surface area contributed by atoms with Gasteiger partial charge in [-0.1, -0.05) is 36.6 Å². The zero-order valence-corrected chi connectivity index (χ0v) is 17.0. The third-order valence-electron chi connectivity index (χ3n) is 4.93. The van der Waals surface area contributed by atoms with Crippen molar-refractivity contribution in [2.75, 3.05) is 26.1 Å². The van der Waals surface area contributed by atoms with Crippen LogP contribution in [0, 0.1) is 0 Å². The van der Waals surface area contributed by atoms with Crippen molar-refractivity contribution in [3.8, 4) is 11.8 Å². The van der Waals surface area contributed by atoms with Crippen molar-refractivity contribution in [1.82, 2.24) is 15.3 Å². The number of hydrogen-bond acceptors (Lipinski definition) is 5. The Hall–Kier alpha value is -2.12. The number of hydrogen-bond donors (Lipinski definition) is 2. The standard InChI is InChI=1S/C19H23ClN4O2S/c1-25-15-11-16(26-2)23-17(22-15)24-18(27)21-12-19(9-3-4-10-19)13-5-7-14(20)8-6-13/h5-8,11H,3-4,9-10,12H2,1-2H3,(H2,21,22,23,24,27). The van der Waals surface area contributed by atoms with Gasteiger partial charge in [0.2, 0.25) is 17.7 Å². The molecule has 0 aliphatic heterocycles. The fraction of sp³-hybridized carbons (Fsp3) is 0.421. The molecule has 1 aliphatic rings. The molecule has 1 aromatic carbocycles. The Kier molecular flexibility index (Phi) is 6.34. The summed E-state index contributed by atoms with van der Waals surface area (Å²) in [5, 5.41) is 7.55. The normalized spacial score (nSPS) is 15.2. The molecule has 0 amide bonds. The molecular formula is C19H23ClN4O2S. The Bertz CT molecular complexity index is 773. The first kappa shape index (κ1) is 19.6. The highest BCUT2D eigenvalue weighted by atomic mass is 35.5. The van der Waals surface area contributed by atoms with Crippen molar-refractivity contribution in [2.24, 2.45) is 0 Å². The lowest BCUT2D eigenvalue weighted by molar-refractivity contribution is 0.373. The first-order valence-corrected chi connectivity index (χ1v) is 9.61. The molecule has 0 saturated heterocycles. The number of rotatable bonds is 6. The van der Waals surface area contributed by atoms with Gasteiger partial charge in [0.05, 0.1) is 20.3 Å². The van der Waals surface area contributed by atoms with Crippen LogP contribution >= 0.6 is 23.8 Å². The van der Waals surface area contributed by atoms with Crippen LogP contribution in [-0.2, 0) is 5.41 Å². The van der Waals surface area contributed by atoms with Crippen molar-refractivity contribution >= 4 is 34.9 Å². The van der Waals surface area contributed by atoms with E-state index in [1.54, 1.807) is 6.07 Å². The molecule has 27 heavy (non-hydrogen) atoms. The zero-order chi connectivity index (χ0) is 19.3. The number of anilines is 1. The van der Waals surface area contributed by atoms with Gasteiger partial charge in [-0.3, -0.25) is 0 Å². The van der Waals surface area contributed by atoms with E-state index in [0.29, 0.717) is 22.8 Å². The molecule has 0 bridgehead atoms. The molecule has 1 fully saturated rings. The van der Waals surface area contributed by atoms with Crippen LogP contribution in [-0.4, -0.2) is 35.8 Å².